The number of aliphatic hydroxyl groups is 1. The minimum absolute atomic E-state index is 0.0647. The molecule has 1 aromatic heterocycles. The van der Waals surface area contributed by atoms with Crippen molar-refractivity contribution in [2.24, 2.45) is 0 Å². The average Bonchev–Trinajstić information content (AvgIpc) is 2.38. The van der Waals surface area contributed by atoms with Gasteiger partial charge in [-0.05, 0) is 20.3 Å². The molecule has 0 aliphatic heterocycles. The molecule has 0 aliphatic rings. The molecule has 0 saturated heterocycles. The summed E-state index contributed by atoms with van der Waals surface area (Å²) in [6, 6.07) is 0.0647. The highest BCUT2D eigenvalue weighted by molar-refractivity contribution is 5.92. The molecule has 0 fully saturated rings. The maximum absolute atomic E-state index is 12.2. The summed E-state index contributed by atoms with van der Waals surface area (Å²) in [6.45, 7) is 4.46. The fourth-order valence-electron chi connectivity index (χ4n) is 1.55. The van der Waals surface area contributed by atoms with Crippen molar-refractivity contribution in [3.05, 3.63) is 18.1 Å². The van der Waals surface area contributed by atoms with E-state index in [4.69, 9.17) is 5.11 Å². The Morgan fingerprint density at radius 2 is 2.17 bits per heavy atom. The average molecular weight is 252 g/mol. The van der Waals surface area contributed by atoms with Crippen molar-refractivity contribution in [1.82, 2.24) is 14.9 Å². The van der Waals surface area contributed by atoms with Gasteiger partial charge in [0.25, 0.3) is 5.91 Å². The summed E-state index contributed by atoms with van der Waals surface area (Å²) in [5.41, 5.74) is 0.320. The van der Waals surface area contributed by atoms with Crippen molar-refractivity contribution in [2.45, 2.75) is 26.3 Å². The van der Waals surface area contributed by atoms with Gasteiger partial charge in [-0.15, -0.1) is 0 Å². The van der Waals surface area contributed by atoms with Crippen LogP contribution in [0.2, 0.25) is 0 Å². The normalized spacial score (nSPS) is 10.5. The Morgan fingerprint density at radius 3 is 2.61 bits per heavy atom. The molecule has 1 aromatic rings. The monoisotopic (exact) mass is 252 g/mol. The molecule has 0 atom stereocenters. The number of carbonyl (C=O) groups is 1. The van der Waals surface area contributed by atoms with Crippen molar-refractivity contribution in [1.29, 1.82) is 0 Å². The van der Waals surface area contributed by atoms with E-state index in [9.17, 15) is 4.79 Å². The lowest BCUT2D eigenvalue weighted by Gasteiger charge is -2.26. The highest BCUT2D eigenvalue weighted by atomic mass is 16.3. The fourth-order valence-corrected chi connectivity index (χ4v) is 1.55. The number of nitrogens with zero attached hydrogens (tertiary/aromatic N) is 3. The van der Waals surface area contributed by atoms with Gasteiger partial charge in [0.05, 0.1) is 12.4 Å². The van der Waals surface area contributed by atoms with Crippen LogP contribution in [0, 0.1) is 0 Å². The van der Waals surface area contributed by atoms with E-state index < -0.39 is 0 Å². The van der Waals surface area contributed by atoms with Crippen LogP contribution in [-0.4, -0.2) is 52.1 Å². The molecule has 18 heavy (non-hydrogen) atoms. The molecule has 0 saturated carbocycles. The van der Waals surface area contributed by atoms with Gasteiger partial charge in [-0.1, -0.05) is 0 Å². The molecule has 1 amide bonds. The Hall–Kier alpha value is -1.69. The van der Waals surface area contributed by atoms with Gasteiger partial charge in [0.1, 0.15) is 11.5 Å². The van der Waals surface area contributed by atoms with Gasteiger partial charge in [0.15, 0.2) is 0 Å². The molecule has 0 aliphatic carbocycles. The minimum atomic E-state index is -0.159. The molecule has 0 spiro atoms. The highest BCUT2D eigenvalue weighted by Gasteiger charge is 2.19. The highest BCUT2D eigenvalue weighted by Crippen LogP contribution is 2.08. The van der Waals surface area contributed by atoms with E-state index in [1.807, 2.05) is 13.8 Å². The number of nitrogens with one attached hydrogen (secondary N) is 1. The van der Waals surface area contributed by atoms with Gasteiger partial charge in [-0.2, -0.15) is 0 Å². The van der Waals surface area contributed by atoms with Crippen LogP contribution in [0.1, 0.15) is 30.8 Å². The molecule has 1 heterocycles. The third-order valence-electron chi connectivity index (χ3n) is 2.57. The number of anilines is 1. The summed E-state index contributed by atoms with van der Waals surface area (Å²) < 4.78 is 0. The Labute approximate surface area is 107 Å². The number of hydrogen-bond acceptors (Lipinski definition) is 5. The summed E-state index contributed by atoms with van der Waals surface area (Å²) in [6.07, 6.45) is 3.55. The van der Waals surface area contributed by atoms with Crippen LogP contribution >= 0.6 is 0 Å². The molecule has 0 aromatic carbocycles. The molecular weight excluding hydrogens is 232 g/mol. The van der Waals surface area contributed by atoms with Crippen LogP contribution in [0.5, 0.6) is 0 Å². The van der Waals surface area contributed by atoms with Crippen molar-refractivity contribution in [3.8, 4) is 0 Å². The number of amides is 1. The van der Waals surface area contributed by atoms with Crippen molar-refractivity contribution >= 4 is 11.7 Å². The number of aromatic nitrogens is 2. The second-order valence-corrected chi connectivity index (χ2v) is 4.21. The first-order chi connectivity index (χ1) is 8.60. The van der Waals surface area contributed by atoms with Crippen molar-refractivity contribution in [3.63, 3.8) is 0 Å². The number of rotatable bonds is 6. The second-order valence-electron chi connectivity index (χ2n) is 4.21. The molecule has 2 N–H and O–H groups in total. The quantitative estimate of drug-likeness (QED) is 0.781. The summed E-state index contributed by atoms with van der Waals surface area (Å²) in [5.74, 6) is 0.464. The van der Waals surface area contributed by atoms with Crippen molar-refractivity contribution in [2.75, 3.05) is 25.5 Å². The standard InChI is InChI=1S/C12H20N4O2/c1-9(2)16(5-4-6-17)12(18)10-7-15-11(13-3)8-14-10/h7-9,17H,4-6H2,1-3H3,(H,13,15). The van der Waals surface area contributed by atoms with Crippen LogP contribution in [0.15, 0.2) is 12.4 Å². The van der Waals surface area contributed by atoms with Crippen LogP contribution in [0.25, 0.3) is 0 Å². The molecule has 100 valence electrons. The third kappa shape index (κ3) is 3.66. The molecule has 0 radical (unpaired) electrons. The van der Waals surface area contributed by atoms with E-state index >= 15 is 0 Å². The molecule has 6 nitrogen and oxygen atoms in total. The number of hydrogen-bond donors (Lipinski definition) is 2. The maximum Gasteiger partial charge on any atom is 0.274 e. The maximum atomic E-state index is 12.2. The van der Waals surface area contributed by atoms with E-state index in [1.54, 1.807) is 11.9 Å². The van der Waals surface area contributed by atoms with E-state index in [1.165, 1.54) is 12.4 Å². The molecule has 0 bridgehead atoms. The first-order valence-electron chi connectivity index (χ1n) is 6.01. The fraction of sp³-hybridized carbons (Fsp3) is 0.583. The second kappa shape index (κ2) is 6.90. The predicted molar refractivity (Wildman–Crippen MR) is 69.5 cm³/mol. The first kappa shape index (κ1) is 14.4. The topological polar surface area (TPSA) is 78.4 Å². The zero-order chi connectivity index (χ0) is 13.5. The summed E-state index contributed by atoms with van der Waals surface area (Å²) in [4.78, 5) is 22.0. The van der Waals surface area contributed by atoms with Gasteiger partial charge in [-0.3, -0.25) is 4.79 Å². The summed E-state index contributed by atoms with van der Waals surface area (Å²) >= 11 is 0. The summed E-state index contributed by atoms with van der Waals surface area (Å²) in [7, 11) is 1.74. The Kier molecular flexibility index (Phi) is 5.51. The zero-order valence-electron chi connectivity index (χ0n) is 11.1. The largest absolute Gasteiger partial charge is 0.396 e. The SMILES string of the molecule is CNc1cnc(C(=O)N(CCCO)C(C)C)cn1. The van der Waals surface area contributed by atoms with Crippen molar-refractivity contribution < 1.29 is 9.90 Å². The third-order valence-corrected chi connectivity index (χ3v) is 2.57. The smallest absolute Gasteiger partial charge is 0.274 e. The summed E-state index contributed by atoms with van der Waals surface area (Å²) in [5, 5.41) is 11.7. The number of carbonyl (C=O) groups excluding carboxylic acids is 1. The van der Waals surface area contributed by atoms with Crippen LogP contribution in [-0.2, 0) is 0 Å². The van der Waals surface area contributed by atoms with Crippen LogP contribution in [0.4, 0.5) is 5.82 Å². The molecule has 0 unspecified atom stereocenters. The lowest BCUT2D eigenvalue weighted by atomic mass is 10.2. The van der Waals surface area contributed by atoms with E-state index in [2.05, 4.69) is 15.3 Å². The molecular formula is C12H20N4O2. The zero-order valence-corrected chi connectivity index (χ0v) is 11.1. The van der Waals surface area contributed by atoms with Gasteiger partial charge in [0.2, 0.25) is 0 Å². The predicted octanol–water partition coefficient (Wildman–Crippen LogP) is 0.751. The van der Waals surface area contributed by atoms with Crippen LogP contribution < -0.4 is 5.32 Å². The lowest BCUT2D eigenvalue weighted by molar-refractivity contribution is 0.0686. The first-order valence-corrected chi connectivity index (χ1v) is 6.01. The van der Waals surface area contributed by atoms with E-state index in [-0.39, 0.29) is 18.6 Å². The minimum Gasteiger partial charge on any atom is -0.396 e. The Balaban J connectivity index is 2.80. The Morgan fingerprint density at radius 1 is 1.44 bits per heavy atom. The number of aliphatic hydroxyl groups excluding tert-OH is 1. The lowest BCUT2D eigenvalue weighted by Crippen LogP contribution is -2.38. The van der Waals surface area contributed by atoms with Gasteiger partial charge < -0.3 is 15.3 Å². The molecule has 1 rings (SSSR count). The van der Waals surface area contributed by atoms with E-state index in [0.717, 1.165) is 0 Å². The van der Waals surface area contributed by atoms with Gasteiger partial charge in [0, 0.05) is 26.2 Å². The Bertz CT molecular complexity index is 378. The van der Waals surface area contributed by atoms with Crippen LogP contribution in [0.3, 0.4) is 0 Å². The molecule has 6 heteroatoms. The van der Waals surface area contributed by atoms with E-state index in [0.29, 0.717) is 24.5 Å². The van der Waals surface area contributed by atoms with Gasteiger partial charge in [-0.25, -0.2) is 9.97 Å². The van der Waals surface area contributed by atoms with Gasteiger partial charge >= 0.3 is 0 Å².